The average Bonchev–Trinajstić information content (AvgIpc) is 2.13. The van der Waals surface area contributed by atoms with Gasteiger partial charge in [-0.05, 0) is 6.92 Å². The predicted molar refractivity (Wildman–Crippen MR) is 57.2 cm³/mol. The molecule has 0 aromatic carbocycles. The standard InChI is InChI=1S/C9H16BrNO3/c1-4-14-9(13)7(10)5-11-8(12)6(2)3/h6-7H,4-5H2,1-3H3,(H,11,12). The van der Waals surface area contributed by atoms with Crippen molar-refractivity contribution >= 4 is 27.8 Å². The second kappa shape index (κ2) is 6.81. The quantitative estimate of drug-likeness (QED) is 0.598. The van der Waals surface area contributed by atoms with Crippen molar-refractivity contribution in [2.24, 2.45) is 5.92 Å². The Kier molecular flexibility index (Phi) is 6.53. The molecule has 82 valence electrons. The van der Waals surface area contributed by atoms with Crippen molar-refractivity contribution in [3.05, 3.63) is 0 Å². The fourth-order valence-electron chi connectivity index (χ4n) is 0.710. The Morgan fingerprint density at radius 3 is 2.43 bits per heavy atom. The van der Waals surface area contributed by atoms with Crippen LogP contribution in [0.3, 0.4) is 0 Å². The molecule has 0 rings (SSSR count). The molecular formula is C9H16BrNO3. The second-order valence-corrected chi connectivity index (χ2v) is 4.22. The summed E-state index contributed by atoms with van der Waals surface area (Å²) in [5.74, 6) is -0.493. The van der Waals surface area contributed by atoms with E-state index in [0.29, 0.717) is 6.61 Å². The third kappa shape index (κ3) is 5.21. The Morgan fingerprint density at radius 1 is 1.43 bits per heavy atom. The van der Waals surface area contributed by atoms with Crippen LogP contribution in [-0.4, -0.2) is 29.9 Å². The van der Waals surface area contributed by atoms with Crippen molar-refractivity contribution in [3.8, 4) is 0 Å². The van der Waals surface area contributed by atoms with Crippen molar-refractivity contribution in [2.45, 2.75) is 25.6 Å². The van der Waals surface area contributed by atoms with Crippen LogP contribution in [0.5, 0.6) is 0 Å². The molecule has 0 aliphatic heterocycles. The summed E-state index contributed by atoms with van der Waals surface area (Å²) < 4.78 is 4.76. The van der Waals surface area contributed by atoms with E-state index in [9.17, 15) is 9.59 Å². The SMILES string of the molecule is CCOC(=O)C(Br)CNC(=O)C(C)C. The van der Waals surface area contributed by atoms with Crippen molar-refractivity contribution in [2.75, 3.05) is 13.2 Å². The molecule has 1 unspecified atom stereocenters. The minimum Gasteiger partial charge on any atom is -0.465 e. The van der Waals surface area contributed by atoms with Crippen LogP contribution >= 0.6 is 15.9 Å². The van der Waals surface area contributed by atoms with Crippen molar-refractivity contribution in [1.29, 1.82) is 0 Å². The molecule has 0 aliphatic rings. The highest BCUT2D eigenvalue weighted by Crippen LogP contribution is 2.01. The molecular weight excluding hydrogens is 250 g/mol. The summed E-state index contributed by atoms with van der Waals surface area (Å²) in [7, 11) is 0. The predicted octanol–water partition coefficient (Wildman–Crippen LogP) is 1.09. The van der Waals surface area contributed by atoms with Gasteiger partial charge in [-0.15, -0.1) is 0 Å². The second-order valence-electron chi connectivity index (χ2n) is 3.12. The van der Waals surface area contributed by atoms with Gasteiger partial charge in [-0.2, -0.15) is 0 Å². The number of carbonyl (C=O) groups is 2. The maximum Gasteiger partial charge on any atom is 0.321 e. The monoisotopic (exact) mass is 265 g/mol. The summed E-state index contributed by atoms with van der Waals surface area (Å²) in [4.78, 5) is 21.8. The van der Waals surface area contributed by atoms with E-state index in [2.05, 4.69) is 21.2 Å². The first-order valence-corrected chi connectivity index (χ1v) is 5.49. The molecule has 4 nitrogen and oxygen atoms in total. The highest BCUT2D eigenvalue weighted by molar-refractivity contribution is 9.10. The van der Waals surface area contributed by atoms with E-state index in [4.69, 9.17) is 4.74 Å². The summed E-state index contributed by atoms with van der Waals surface area (Å²) in [6, 6.07) is 0. The van der Waals surface area contributed by atoms with Gasteiger partial charge >= 0.3 is 5.97 Å². The summed E-state index contributed by atoms with van der Waals surface area (Å²) in [5.41, 5.74) is 0. The van der Waals surface area contributed by atoms with E-state index < -0.39 is 4.83 Å². The van der Waals surface area contributed by atoms with Crippen LogP contribution in [0.15, 0.2) is 0 Å². The normalized spacial score (nSPS) is 12.4. The molecule has 0 aliphatic carbocycles. The van der Waals surface area contributed by atoms with Crippen molar-refractivity contribution in [3.63, 3.8) is 0 Å². The Hall–Kier alpha value is -0.580. The van der Waals surface area contributed by atoms with Crippen LogP contribution < -0.4 is 5.32 Å². The van der Waals surface area contributed by atoms with Gasteiger partial charge in [-0.1, -0.05) is 29.8 Å². The Balaban J connectivity index is 3.78. The summed E-state index contributed by atoms with van der Waals surface area (Å²) in [5, 5.41) is 2.63. The Labute approximate surface area is 92.5 Å². The first-order chi connectivity index (χ1) is 6.49. The lowest BCUT2D eigenvalue weighted by Crippen LogP contribution is -2.36. The highest BCUT2D eigenvalue weighted by atomic mass is 79.9. The lowest BCUT2D eigenvalue weighted by Gasteiger charge is -2.11. The molecule has 0 saturated heterocycles. The zero-order chi connectivity index (χ0) is 11.1. The fourth-order valence-corrected chi connectivity index (χ4v) is 1.00. The average molecular weight is 266 g/mol. The van der Waals surface area contributed by atoms with E-state index in [-0.39, 0.29) is 24.3 Å². The maximum atomic E-state index is 11.1. The molecule has 0 saturated carbocycles. The number of hydrogen-bond acceptors (Lipinski definition) is 3. The molecule has 0 spiro atoms. The van der Waals surface area contributed by atoms with Crippen LogP contribution in [0.1, 0.15) is 20.8 Å². The van der Waals surface area contributed by atoms with E-state index in [1.165, 1.54) is 0 Å². The Morgan fingerprint density at radius 2 is 2.00 bits per heavy atom. The smallest absolute Gasteiger partial charge is 0.321 e. The minimum atomic E-state index is -0.467. The van der Waals surface area contributed by atoms with E-state index in [1.807, 2.05) is 0 Å². The van der Waals surface area contributed by atoms with Gasteiger partial charge < -0.3 is 10.1 Å². The largest absolute Gasteiger partial charge is 0.465 e. The third-order valence-corrected chi connectivity index (χ3v) is 2.22. The van der Waals surface area contributed by atoms with Gasteiger partial charge in [-0.3, -0.25) is 9.59 Å². The topological polar surface area (TPSA) is 55.4 Å². The molecule has 0 aromatic heterocycles. The van der Waals surface area contributed by atoms with E-state index in [1.54, 1.807) is 20.8 Å². The minimum absolute atomic E-state index is 0.0706. The van der Waals surface area contributed by atoms with Gasteiger partial charge in [0.1, 0.15) is 4.83 Å². The number of carbonyl (C=O) groups excluding carboxylic acids is 2. The number of nitrogens with one attached hydrogen (secondary N) is 1. The van der Waals surface area contributed by atoms with Crippen LogP contribution in [0.2, 0.25) is 0 Å². The number of amides is 1. The Bertz CT molecular complexity index is 206. The molecule has 0 fully saturated rings. The van der Waals surface area contributed by atoms with Gasteiger partial charge in [0.05, 0.1) is 6.61 Å². The number of ether oxygens (including phenoxy) is 1. The van der Waals surface area contributed by atoms with Gasteiger partial charge in [0.2, 0.25) is 5.91 Å². The third-order valence-electron chi connectivity index (χ3n) is 1.52. The molecule has 1 atom stereocenters. The lowest BCUT2D eigenvalue weighted by molar-refractivity contribution is -0.142. The molecule has 1 amide bonds. The summed E-state index contributed by atoms with van der Waals surface area (Å²) in [6.07, 6.45) is 0. The zero-order valence-electron chi connectivity index (χ0n) is 8.67. The molecule has 0 bridgehead atoms. The lowest BCUT2D eigenvalue weighted by atomic mass is 10.2. The molecule has 14 heavy (non-hydrogen) atoms. The number of esters is 1. The molecule has 0 heterocycles. The van der Waals surface area contributed by atoms with Crippen molar-refractivity contribution < 1.29 is 14.3 Å². The first kappa shape index (κ1) is 13.4. The number of rotatable bonds is 5. The molecule has 5 heteroatoms. The van der Waals surface area contributed by atoms with E-state index >= 15 is 0 Å². The number of halogens is 1. The molecule has 1 N–H and O–H groups in total. The van der Waals surface area contributed by atoms with E-state index in [0.717, 1.165) is 0 Å². The maximum absolute atomic E-state index is 11.1. The summed E-state index contributed by atoms with van der Waals surface area (Å²) >= 11 is 3.13. The zero-order valence-corrected chi connectivity index (χ0v) is 10.3. The van der Waals surface area contributed by atoms with Gasteiger partial charge in [-0.25, -0.2) is 0 Å². The summed E-state index contributed by atoms with van der Waals surface area (Å²) in [6.45, 7) is 5.94. The molecule has 0 aromatic rings. The number of alkyl halides is 1. The fraction of sp³-hybridized carbons (Fsp3) is 0.778. The van der Waals surface area contributed by atoms with Gasteiger partial charge in [0.25, 0.3) is 0 Å². The van der Waals surface area contributed by atoms with Crippen LogP contribution in [0.4, 0.5) is 0 Å². The first-order valence-electron chi connectivity index (χ1n) is 4.57. The van der Waals surface area contributed by atoms with Crippen LogP contribution in [0.25, 0.3) is 0 Å². The van der Waals surface area contributed by atoms with Crippen LogP contribution in [-0.2, 0) is 14.3 Å². The van der Waals surface area contributed by atoms with Gasteiger partial charge in [0.15, 0.2) is 0 Å². The van der Waals surface area contributed by atoms with Gasteiger partial charge in [0, 0.05) is 12.5 Å². The van der Waals surface area contributed by atoms with Crippen LogP contribution in [0, 0.1) is 5.92 Å². The highest BCUT2D eigenvalue weighted by Gasteiger charge is 2.17. The van der Waals surface area contributed by atoms with Crippen molar-refractivity contribution in [1.82, 2.24) is 5.32 Å². The number of hydrogen-bond donors (Lipinski definition) is 1. The molecule has 0 radical (unpaired) electrons.